The van der Waals surface area contributed by atoms with Crippen molar-refractivity contribution in [2.75, 3.05) is 38.5 Å². The van der Waals surface area contributed by atoms with Gasteiger partial charge in [-0.25, -0.2) is 0 Å². The molecular formula is C27H34NP3. The van der Waals surface area contributed by atoms with Crippen LogP contribution in [0, 0.1) is 0 Å². The minimum atomic E-state index is -0.239. The first kappa shape index (κ1) is 22.9. The van der Waals surface area contributed by atoms with Crippen LogP contribution in [0.1, 0.15) is 18.1 Å². The summed E-state index contributed by atoms with van der Waals surface area (Å²) in [6.07, 6.45) is 12.9. The summed E-state index contributed by atoms with van der Waals surface area (Å²) in [5.74, 6) is 0. The molecule has 1 nitrogen and oxygen atoms in total. The Kier molecular flexibility index (Phi) is 7.82. The molecule has 0 spiro atoms. The number of hydrogen-bond donors (Lipinski definition) is 1. The summed E-state index contributed by atoms with van der Waals surface area (Å²) in [5.41, 5.74) is 7.21. The second-order valence-electron chi connectivity index (χ2n) is 8.82. The van der Waals surface area contributed by atoms with E-state index in [2.05, 4.69) is 99.0 Å². The number of nitrogens with one attached hydrogen (secondary N) is 1. The molecule has 4 heteroatoms. The summed E-state index contributed by atoms with van der Waals surface area (Å²) < 4.78 is 0. The van der Waals surface area contributed by atoms with Crippen LogP contribution in [0.25, 0.3) is 0 Å². The van der Waals surface area contributed by atoms with E-state index in [9.17, 15) is 0 Å². The molecule has 2 aliphatic rings. The minimum absolute atomic E-state index is 0.0282. The van der Waals surface area contributed by atoms with E-state index in [1.165, 1.54) is 47.2 Å². The van der Waals surface area contributed by atoms with Crippen molar-refractivity contribution in [2.45, 2.75) is 19.5 Å². The summed E-state index contributed by atoms with van der Waals surface area (Å²) in [4.78, 5) is 0. The summed E-state index contributed by atoms with van der Waals surface area (Å²) in [5, 5.41) is 6.95. The van der Waals surface area contributed by atoms with Crippen molar-refractivity contribution in [3.05, 3.63) is 94.9 Å². The van der Waals surface area contributed by atoms with Gasteiger partial charge < -0.3 is 5.32 Å². The highest BCUT2D eigenvalue weighted by molar-refractivity contribution is 7.67. The van der Waals surface area contributed by atoms with Crippen molar-refractivity contribution < 1.29 is 0 Å². The van der Waals surface area contributed by atoms with Gasteiger partial charge in [0, 0.05) is 17.8 Å². The normalized spacial score (nSPS) is 27.0. The summed E-state index contributed by atoms with van der Waals surface area (Å²) >= 11 is 0. The van der Waals surface area contributed by atoms with Gasteiger partial charge in [-0.15, -0.1) is 7.92 Å². The van der Waals surface area contributed by atoms with Crippen LogP contribution in [0.2, 0.25) is 0 Å². The topological polar surface area (TPSA) is 12.0 Å². The zero-order valence-corrected chi connectivity index (χ0v) is 21.9. The predicted molar refractivity (Wildman–Crippen MR) is 146 cm³/mol. The summed E-state index contributed by atoms with van der Waals surface area (Å²) in [6, 6.07) is 18.4. The number of hydrogen-bond acceptors (Lipinski definition) is 1. The van der Waals surface area contributed by atoms with E-state index < -0.39 is 0 Å². The Morgan fingerprint density at radius 2 is 1.45 bits per heavy atom. The molecule has 2 heterocycles. The van der Waals surface area contributed by atoms with Crippen molar-refractivity contribution in [1.82, 2.24) is 5.32 Å². The maximum absolute atomic E-state index is 3.76. The van der Waals surface area contributed by atoms with Gasteiger partial charge in [0.25, 0.3) is 0 Å². The molecule has 2 bridgehead atoms. The fraction of sp³-hybridized carbons (Fsp3) is 0.333. The Hall–Kier alpha value is -1.25. The second kappa shape index (κ2) is 10.6. The highest BCUT2D eigenvalue weighted by atomic mass is 31.1. The molecular weight excluding hydrogens is 431 g/mol. The van der Waals surface area contributed by atoms with Gasteiger partial charge >= 0.3 is 0 Å². The average molecular weight is 465 g/mol. The van der Waals surface area contributed by atoms with Crippen LogP contribution in [0.5, 0.6) is 0 Å². The first-order valence-electron chi connectivity index (χ1n) is 11.1. The molecule has 0 fully saturated rings. The van der Waals surface area contributed by atoms with Gasteiger partial charge in [-0.1, -0.05) is 70.5 Å². The summed E-state index contributed by atoms with van der Waals surface area (Å²) in [6.45, 7) is 9.78. The van der Waals surface area contributed by atoms with E-state index in [0.29, 0.717) is 0 Å². The smallest absolute Gasteiger partial charge is 0.0374 e. The van der Waals surface area contributed by atoms with E-state index >= 15 is 0 Å². The lowest BCUT2D eigenvalue weighted by atomic mass is 10.1. The lowest BCUT2D eigenvalue weighted by Crippen LogP contribution is -2.21. The number of dihydropyridines is 1. The van der Waals surface area contributed by atoms with E-state index in [1.807, 2.05) is 0 Å². The fourth-order valence-corrected chi connectivity index (χ4v) is 11.5. The molecule has 3 atom stereocenters. The van der Waals surface area contributed by atoms with E-state index in [-0.39, 0.29) is 23.8 Å². The molecule has 0 aliphatic carbocycles. The van der Waals surface area contributed by atoms with Crippen LogP contribution >= 0.6 is 23.8 Å². The SMILES string of the molecule is C/C1=C2\C=CC=C(Cc3ccccc3P(C)Cc3ccccc3P(C)CCP(C)C1)N2. The predicted octanol–water partition coefficient (Wildman–Crippen LogP) is 6.35. The van der Waals surface area contributed by atoms with Crippen molar-refractivity contribution in [3.8, 4) is 0 Å². The Morgan fingerprint density at radius 1 is 0.774 bits per heavy atom. The van der Waals surface area contributed by atoms with Crippen LogP contribution < -0.4 is 15.9 Å². The van der Waals surface area contributed by atoms with Crippen LogP contribution in [-0.4, -0.2) is 38.5 Å². The van der Waals surface area contributed by atoms with Gasteiger partial charge in [0.15, 0.2) is 0 Å². The second-order valence-corrected chi connectivity index (χ2v) is 15.8. The Balaban J connectivity index is 1.73. The monoisotopic (exact) mass is 465 g/mol. The van der Waals surface area contributed by atoms with Crippen LogP contribution in [0.3, 0.4) is 0 Å². The molecule has 0 saturated heterocycles. The van der Waals surface area contributed by atoms with Crippen molar-refractivity contribution >= 4 is 34.4 Å². The van der Waals surface area contributed by atoms with E-state index in [1.54, 1.807) is 16.2 Å². The maximum Gasteiger partial charge on any atom is 0.0374 e. The zero-order valence-electron chi connectivity index (χ0n) is 19.2. The number of benzene rings is 2. The molecule has 0 amide bonds. The third-order valence-electron chi connectivity index (χ3n) is 6.23. The summed E-state index contributed by atoms with van der Waals surface area (Å²) in [7, 11) is -0.305. The van der Waals surface area contributed by atoms with Gasteiger partial charge in [-0.05, 0) is 91.0 Å². The largest absolute Gasteiger partial charge is 0.359 e. The first-order valence-corrected chi connectivity index (χ1v) is 17.2. The van der Waals surface area contributed by atoms with Crippen LogP contribution in [0.15, 0.2) is 83.7 Å². The quantitative estimate of drug-likeness (QED) is 0.448. The molecule has 0 aromatic heterocycles. The van der Waals surface area contributed by atoms with Gasteiger partial charge in [0.2, 0.25) is 0 Å². The number of rotatable bonds is 0. The van der Waals surface area contributed by atoms with Gasteiger partial charge in [0.05, 0.1) is 0 Å². The van der Waals surface area contributed by atoms with Crippen molar-refractivity contribution in [2.24, 2.45) is 0 Å². The van der Waals surface area contributed by atoms with Crippen molar-refractivity contribution in [3.63, 3.8) is 0 Å². The molecule has 162 valence electrons. The van der Waals surface area contributed by atoms with Gasteiger partial charge in [0.1, 0.15) is 0 Å². The standard InChI is InChI=1S/C27H34NP3/c1-21-19-29(2)16-17-30(3)27-15-8-6-11-23(27)20-31(4)26-14-7-5-10-22(26)18-24-12-9-13-25(21)28-24/h5-15,28H,16-20H2,1-4H3/b25-21-. The van der Waals surface area contributed by atoms with Crippen LogP contribution in [0.4, 0.5) is 0 Å². The first-order chi connectivity index (χ1) is 15.0. The average Bonchev–Trinajstić information content (AvgIpc) is 2.78. The maximum atomic E-state index is 3.76. The minimum Gasteiger partial charge on any atom is -0.359 e. The third kappa shape index (κ3) is 5.76. The highest BCUT2D eigenvalue weighted by Crippen LogP contribution is 2.42. The Bertz CT molecular complexity index is 1020. The molecule has 1 N–H and O–H groups in total. The van der Waals surface area contributed by atoms with Gasteiger partial charge in [-0.3, -0.25) is 0 Å². The molecule has 2 aromatic rings. The number of fused-ring (bicyclic) bond motifs is 4. The van der Waals surface area contributed by atoms with Crippen molar-refractivity contribution in [1.29, 1.82) is 0 Å². The van der Waals surface area contributed by atoms with E-state index in [0.717, 1.165) is 6.42 Å². The molecule has 0 radical (unpaired) electrons. The van der Waals surface area contributed by atoms with Gasteiger partial charge in [-0.2, -0.15) is 0 Å². The Labute approximate surface area is 192 Å². The third-order valence-corrected chi connectivity index (χ3v) is 12.8. The molecule has 3 unspecified atom stereocenters. The highest BCUT2D eigenvalue weighted by Gasteiger charge is 2.18. The molecule has 2 aliphatic heterocycles. The van der Waals surface area contributed by atoms with E-state index in [4.69, 9.17) is 0 Å². The Morgan fingerprint density at radius 3 is 2.23 bits per heavy atom. The van der Waals surface area contributed by atoms with Crippen LogP contribution in [-0.2, 0) is 12.6 Å². The number of allylic oxidation sites excluding steroid dienone is 5. The lowest BCUT2D eigenvalue weighted by Gasteiger charge is -2.25. The lowest BCUT2D eigenvalue weighted by molar-refractivity contribution is 0.909. The molecule has 4 rings (SSSR count). The molecule has 0 saturated carbocycles. The molecule has 31 heavy (non-hydrogen) atoms. The molecule has 2 aromatic carbocycles. The zero-order chi connectivity index (χ0) is 21.8. The fourth-order valence-electron chi connectivity index (χ4n) is 4.47.